The molecule has 4 aromatic rings. The smallest absolute Gasteiger partial charge is 0.263 e. The molecule has 0 radical (unpaired) electrons. The van der Waals surface area contributed by atoms with Gasteiger partial charge in [0.2, 0.25) is 0 Å². The molecule has 1 saturated carbocycles. The van der Waals surface area contributed by atoms with Crippen LogP contribution in [0.25, 0.3) is 28.1 Å². The Kier molecular flexibility index (Phi) is 5.59. The summed E-state index contributed by atoms with van der Waals surface area (Å²) in [6.07, 6.45) is 7.83. The summed E-state index contributed by atoms with van der Waals surface area (Å²) in [6, 6.07) is 7.28. The second-order valence-corrected chi connectivity index (χ2v) is 7.02. The molecule has 0 unspecified atom stereocenters. The minimum absolute atomic E-state index is 0.120. The van der Waals surface area contributed by atoms with Gasteiger partial charge >= 0.3 is 0 Å². The summed E-state index contributed by atoms with van der Waals surface area (Å²) in [5.74, 6) is 1.27. The molecule has 4 heterocycles. The van der Waals surface area contributed by atoms with Crippen molar-refractivity contribution in [3.8, 4) is 11.5 Å². The highest BCUT2D eigenvalue weighted by molar-refractivity contribution is 5.91. The summed E-state index contributed by atoms with van der Waals surface area (Å²) in [7, 11) is 0. The molecule has 1 aliphatic carbocycles. The number of aliphatic hydroxyl groups excluding tert-OH is 1. The zero-order chi connectivity index (χ0) is 20.2. The molecule has 0 amide bonds. The Morgan fingerprint density at radius 1 is 1.31 bits per heavy atom. The van der Waals surface area contributed by atoms with Crippen LogP contribution in [0.2, 0.25) is 0 Å². The third kappa shape index (κ3) is 4.15. The lowest BCUT2D eigenvalue weighted by Gasteiger charge is -2.18. The first-order valence-corrected chi connectivity index (χ1v) is 9.72. The van der Waals surface area contributed by atoms with Gasteiger partial charge in [0.25, 0.3) is 5.56 Å². The van der Waals surface area contributed by atoms with Crippen molar-refractivity contribution in [2.75, 3.05) is 18.5 Å². The fourth-order valence-electron chi connectivity index (χ4n) is 3.03. The topological polar surface area (TPSA) is 134 Å². The number of nitrogens with two attached hydrogens (primary N) is 1. The first kappa shape index (κ1) is 19.2. The van der Waals surface area contributed by atoms with Gasteiger partial charge in [-0.2, -0.15) is 0 Å². The second-order valence-electron chi connectivity index (χ2n) is 7.02. The number of anilines is 1. The van der Waals surface area contributed by atoms with E-state index in [0.717, 1.165) is 5.39 Å². The Hall–Kier alpha value is -3.17. The highest BCUT2D eigenvalue weighted by Crippen LogP contribution is 2.31. The Morgan fingerprint density at radius 3 is 2.86 bits per heavy atom. The van der Waals surface area contributed by atoms with Gasteiger partial charge in [-0.1, -0.05) is 6.42 Å². The lowest BCUT2D eigenvalue weighted by molar-refractivity contribution is 0.292. The number of rotatable bonds is 5. The number of hydrogen-bond acceptors (Lipinski definition) is 7. The maximum atomic E-state index is 11.6. The van der Waals surface area contributed by atoms with E-state index >= 15 is 0 Å². The molecule has 5 rings (SSSR count). The summed E-state index contributed by atoms with van der Waals surface area (Å²) < 4.78 is 7.48. The Morgan fingerprint density at radius 2 is 2.14 bits per heavy atom. The number of fused-ring (bicyclic) bond motifs is 2. The Balaban J connectivity index is 0.000000359. The number of aliphatic hydroxyl groups is 1. The molecule has 0 bridgehead atoms. The number of aromatic amines is 1. The Labute approximate surface area is 166 Å². The highest BCUT2D eigenvalue weighted by Gasteiger charge is 2.14. The number of furan rings is 1. The maximum absolute atomic E-state index is 11.6. The summed E-state index contributed by atoms with van der Waals surface area (Å²) >= 11 is 0. The van der Waals surface area contributed by atoms with E-state index in [2.05, 4.69) is 20.4 Å². The normalized spacial score (nSPS) is 13.9. The van der Waals surface area contributed by atoms with Gasteiger partial charge < -0.3 is 20.6 Å². The van der Waals surface area contributed by atoms with Crippen molar-refractivity contribution in [2.24, 2.45) is 5.73 Å². The minimum atomic E-state index is -0.217. The first-order chi connectivity index (χ1) is 14.2. The highest BCUT2D eigenvalue weighted by atomic mass is 16.3. The SMILES string of the molecule is NC1CCC1.O=c1ccc2ncc(-c3cc4c(NCCCO)nccc4o3)n2[nH]1. The number of H-pyrrole nitrogens is 1. The van der Waals surface area contributed by atoms with Gasteiger partial charge in [-0.25, -0.2) is 14.5 Å². The molecule has 5 N–H and O–H groups in total. The van der Waals surface area contributed by atoms with Crippen molar-refractivity contribution in [1.29, 1.82) is 0 Å². The van der Waals surface area contributed by atoms with Crippen LogP contribution >= 0.6 is 0 Å². The van der Waals surface area contributed by atoms with Crippen LogP contribution in [0.3, 0.4) is 0 Å². The van der Waals surface area contributed by atoms with E-state index in [1.807, 2.05) is 6.07 Å². The van der Waals surface area contributed by atoms with Crippen LogP contribution in [-0.2, 0) is 0 Å². The number of aromatic nitrogens is 4. The zero-order valence-corrected chi connectivity index (χ0v) is 16.0. The van der Waals surface area contributed by atoms with Crippen LogP contribution in [0.4, 0.5) is 5.82 Å². The van der Waals surface area contributed by atoms with E-state index in [4.69, 9.17) is 15.3 Å². The largest absolute Gasteiger partial charge is 0.454 e. The average molecular weight is 396 g/mol. The molecule has 9 heteroatoms. The lowest BCUT2D eigenvalue weighted by atomic mass is 9.95. The van der Waals surface area contributed by atoms with Crippen LogP contribution < -0.4 is 16.6 Å². The average Bonchev–Trinajstić information content (AvgIpc) is 3.31. The number of pyridine rings is 1. The van der Waals surface area contributed by atoms with Crippen LogP contribution in [0.1, 0.15) is 25.7 Å². The molecule has 1 fully saturated rings. The fourth-order valence-corrected chi connectivity index (χ4v) is 3.03. The van der Waals surface area contributed by atoms with Gasteiger partial charge in [0.15, 0.2) is 11.4 Å². The van der Waals surface area contributed by atoms with Crippen LogP contribution in [0.5, 0.6) is 0 Å². The van der Waals surface area contributed by atoms with Crippen molar-refractivity contribution in [3.63, 3.8) is 0 Å². The number of nitrogens with zero attached hydrogens (tertiary/aromatic N) is 3. The quantitative estimate of drug-likeness (QED) is 0.380. The fraction of sp³-hybridized carbons (Fsp3) is 0.350. The first-order valence-electron chi connectivity index (χ1n) is 9.72. The molecule has 152 valence electrons. The third-order valence-electron chi connectivity index (χ3n) is 4.87. The standard InChI is InChI=1S/C16H15N5O3.C4H9N/c22-7-1-5-17-16-10-8-13(24-12(10)4-6-18-16)11-9-19-14-2-3-15(23)20-21(11)14;5-4-2-1-3-4/h2-4,6,8-9,22H,1,5,7H2,(H,17,18)(H,20,23);4H,1-3,5H2. The monoisotopic (exact) mass is 396 g/mol. The van der Waals surface area contributed by atoms with Gasteiger partial charge in [-0.15, -0.1) is 0 Å². The maximum Gasteiger partial charge on any atom is 0.263 e. The minimum Gasteiger partial charge on any atom is -0.454 e. The molecule has 0 saturated heterocycles. The molecule has 9 nitrogen and oxygen atoms in total. The van der Waals surface area contributed by atoms with Gasteiger partial charge in [0.1, 0.15) is 17.1 Å². The van der Waals surface area contributed by atoms with Gasteiger partial charge in [-0.3, -0.25) is 9.89 Å². The summed E-state index contributed by atoms with van der Waals surface area (Å²) in [6.45, 7) is 0.737. The van der Waals surface area contributed by atoms with Gasteiger partial charge in [-0.05, 0) is 37.5 Å². The molecule has 29 heavy (non-hydrogen) atoms. The molecule has 1 aliphatic rings. The molecule has 0 spiro atoms. The van der Waals surface area contributed by atoms with Crippen molar-refractivity contribution in [3.05, 3.63) is 47.0 Å². The van der Waals surface area contributed by atoms with Crippen LogP contribution in [0.15, 0.2) is 45.9 Å². The molecule has 0 aromatic carbocycles. The third-order valence-corrected chi connectivity index (χ3v) is 4.87. The molecule has 0 aliphatic heterocycles. The zero-order valence-electron chi connectivity index (χ0n) is 16.0. The van der Waals surface area contributed by atoms with Crippen molar-refractivity contribution in [2.45, 2.75) is 31.7 Å². The predicted molar refractivity (Wildman–Crippen MR) is 111 cm³/mol. The predicted octanol–water partition coefficient (Wildman–Crippen LogP) is 2.12. The van der Waals surface area contributed by atoms with E-state index in [1.54, 1.807) is 29.0 Å². The van der Waals surface area contributed by atoms with Crippen molar-refractivity contribution in [1.82, 2.24) is 19.6 Å². The number of hydrogen-bond donors (Lipinski definition) is 4. The Bertz CT molecular complexity index is 1160. The van der Waals surface area contributed by atoms with Crippen molar-refractivity contribution >= 4 is 22.4 Å². The molecular formula is C20H24N6O3. The molecule has 4 aromatic heterocycles. The van der Waals surface area contributed by atoms with E-state index in [-0.39, 0.29) is 12.2 Å². The summed E-state index contributed by atoms with van der Waals surface area (Å²) in [5.41, 5.74) is 7.12. The summed E-state index contributed by atoms with van der Waals surface area (Å²) in [5, 5.41) is 15.6. The van der Waals surface area contributed by atoms with Crippen LogP contribution in [0, 0.1) is 0 Å². The lowest BCUT2D eigenvalue weighted by Crippen LogP contribution is -2.27. The van der Waals surface area contributed by atoms with Gasteiger partial charge in [0.05, 0.1) is 11.6 Å². The summed E-state index contributed by atoms with van der Waals surface area (Å²) in [4.78, 5) is 20.1. The van der Waals surface area contributed by atoms with E-state index in [1.165, 1.54) is 25.3 Å². The van der Waals surface area contributed by atoms with E-state index < -0.39 is 0 Å². The molecular weight excluding hydrogens is 372 g/mol. The van der Waals surface area contributed by atoms with E-state index in [0.29, 0.717) is 47.5 Å². The van der Waals surface area contributed by atoms with Crippen molar-refractivity contribution < 1.29 is 9.52 Å². The molecule has 0 atom stereocenters. The van der Waals surface area contributed by atoms with Gasteiger partial charge in [0, 0.05) is 31.5 Å². The number of nitrogens with one attached hydrogen (secondary N) is 2. The van der Waals surface area contributed by atoms with E-state index in [9.17, 15) is 4.79 Å². The number of imidazole rings is 1. The second kappa shape index (κ2) is 8.46. The van der Waals surface area contributed by atoms with Crippen LogP contribution in [-0.4, -0.2) is 43.9 Å².